The smallest absolute Gasteiger partial charge is 0.251 e. The van der Waals surface area contributed by atoms with Crippen molar-refractivity contribution in [2.75, 3.05) is 65.8 Å². The Kier molecular flexibility index (Phi) is 39.4. The molecular formula is C85H120N20O37. The summed E-state index contributed by atoms with van der Waals surface area (Å²) in [6.07, 6.45) is -42.2. The molecule has 5 aliphatic heterocycles. The molecule has 12 unspecified atom stereocenters. The van der Waals surface area contributed by atoms with Crippen LogP contribution in [0.2, 0.25) is 0 Å². The zero-order valence-electron chi connectivity index (χ0n) is 75.7. The summed E-state index contributed by atoms with van der Waals surface area (Å²) >= 11 is 0. The van der Waals surface area contributed by atoms with E-state index < -0.39 is 308 Å². The van der Waals surface area contributed by atoms with Gasteiger partial charge in [-0.05, 0) is 18.2 Å². The van der Waals surface area contributed by atoms with E-state index >= 15 is 0 Å². The number of nitrogens with zero attached hydrogens (tertiary/aromatic N) is 7. The fraction of sp³-hybridized carbons (Fsp3) is 0.624. The second-order valence-electron chi connectivity index (χ2n) is 34.9. The Bertz CT molecular complexity index is 5210. The lowest BCUT2D eigenvalue weighted by Gasteiger charge is -2.49. The van der Waals surface area contributed by atoms with Crippen molar-refractivity contribution in [2.45, 2.75) is 266 Å². The number of hydrogen-bond acceptors (Lipinski definition) is 49. The highest BCUT2D eigenvalue weighted by Gasteiger charge is 2.58. The number of amides is 1. The lowest BCUT2D eigenvalue weighted by molar-refractivity contribution is -0.394. The topological polar surface area (TPSA) is 903 Å². The molecule has 0 radical (unpaired) electrons. The molecule has 1 amide bonds. The lowest BCUT2D eigenvalue weighted by atomic mass is 9.95. The molecule has 0 saturated carbocycles. The molecule has 57 nitrogen and oxygen atoms in total. The summed E-state index contributed by atoms with van der Waals surface area (Å²) in [5, 5.41) is 234. The highest BCUT2D eigenvalue weighted by Crippen LogP contribution is 2.38. The fourth-order valence-corrected chi connectivity index (χ4v) is 16.9. The Hall–Kier alpha value is -9.96. The molecule has 0 aliphatic carbocycles. The first-order valence-corrected chi connectivity index (χ1v) is 45.4. The van der Waals surface area contributed by atoms with Crippen LogP contribution in [-0.4, -0.2) is 486 Å². The maximum Gasteiger partial charge on any atom is 0.251 e. The summed E-state index contributed by atoms with van der Waals surface area (Å²) in [5.41, 5.74) is 9.25. The molecule has 0 bridgehead atoms. The number of carbonyl (C=O) groups is 7. The number of rotatable bonds is 55. The van der Waals surface area contributed by atoms with Crippen LogP contribution in [0.25, 0.3) is 11.0 Å². The average molecular weight is 2010 g/mol. The first kappa shape index (κ1) is 109. The normalized spacial score (nSPS) is 30.3. The number of benzene rings is 1. The van der Waals surface area contributed by atoms with Crippen LogP contribution in [0, 0.1) is 0 Å². The number of aliphatic hydroxyl groups is 20. The molecule has 13 rings (SSSR count). The molecule has 5 aliphatic rings. The summed E-state index contributed by atoms with van der Waals surface area (Å²) in [5.74, 6) is -4.15. The number of carbonyl (C=O) groups excluding carboxylic acids is 7. The van der Waals surface area contributed by atoms with Crippen LogP contribution >= 0.6 is 0 Å². The van der Waals surface area contributed by atoms with Gasteiger partial charge in [0.25, 0.3) is 5.91 Å². The third-order valence-corrected chi connectivity index (χ3v) is 25.1. The molecule has 142 heavy (non-hydrogen) atoms. The molecule has 0 spiro atoms. The van der Waals surface area contributed by atoms with Gasteiger partial charge in [-0.2, -0.15) is 0 Å². The van der Waals surface area contributed by atoms with Gasteiger partial charge in [-0.3, -0.25) is 33.6 Å². The molecule has 35 atom stereocenters. The van der Waals surface area contributed by atoms with Crippen LogP contribution in [0.3, 0.4) is 0 Å². The monoisotopic (exact) mass is 2010 g/mol. The predicted octanol–water partition coefficient (Wildman–Crippen LogP) is -15.0. The Balaban J connectivity index is 0.605. The molecule has 5 saturated heterocycles. The van der Waals surface area contributed by atoms with E-state index in [1.807, 2.05) is 0 Å². The standard InChI is InChI=1S/C85H120N20O37/c86-41(6-35-12-87-28-97-35)49(112)3-4-50(113)44(7-36-13-88-29-98-36)93-18-51(114)45(8-37-14-89-30-99-37)94-19-52(115)46(9-38-15-90-31-100-38)95-20-53(116)47(10-39-16-91-32-101-39)96-21-54(117)48(11-40-17-92-33-102-40)105-80(132)34-1-2-42-43(5-34)104-79(103-42)68(126)63(121)74(55(118)22-106)138-82-70(128)64(122)76(57(24-108)134-82)140-84-72(130)66(124)78(59(26-110)136-84)142-85-73(131)67(125)77(60(27-111)137-85)141-83-71(129)65(123)75(58(25-109)135-83)139-81-69(127)62(120)61(119)56(23-107)133-81/h1-2,5,12-17,28-33,41,44-48,55-78,81-85,93-96,106-111,118-131H,3-4,6-11,18-27,86H2,(H,87,97)(H,88,98)(H,89,99)(H,90,100)(H,91,101)(H,92,102)(H,103,104)(H,105,132)/t41-,44-,45-,46-,47-,48-,55?,56?,57?,58?,59?,60?,61+,62?,63+,64?,65?,66?,67?,68?,69-,70-,71-,72-,73-,74+,75+,76+,77+,78+,81+,82+,83+,84+,85+/m0/s1. The number of imidazole rings is 7. The Morgan fingerprint density at radius 2 is 0.697 bits per heavy atom. The van der Waals surface area contributed by atoms with Crippen LogP contribution in [0.15, 0.2) is 93.3 Å². The number of nitrogens with two attached hydrogens (primary N) is 1. The third-order valence-electron chi connectivity index (χ3n) is 25.1. The van der Waals surface area contributed by atoms with E-state index in [4.69, 9.17) is 53.1 Å². The number of ether oxygens (including phenoxy) is 10. The van der Waals surface area contributed by atoms with Gasteiger partial charge in [0.15, 0.2) is 60.4 Å². The number of aliphatic hydroxyl groups excluding tert-OH is 20. The molecular weight excluding hydrogens is 1890 g/mol. The zero-order valence-corrected chi connectivity index (χ0v) is 75.7. The van der Waals surface area contributed by atoms with E-state index in [0.29, 0.717) is 34.2 Å². The summed E-state index contributed by atoms with van der Waals surface area (Å²) in [4.78, 5) is 148. The van der Waals surface area contributed by atoms with Gasteiger partial charge in [-0.15, -0.1) is 0 Å². The quantitative estimate of drug-likeness (QED) is 0.0168. The Morgan fingerprint density at radius 1 is 0.380 bits per heavy atom. The van der Waals surface area contributed by atoms with Crippen LogP contribution in [0.1, 0.15) is 69.3 Å². The number of aromatic nitrogens is 14. The van der Waals surface area contributed by atoms with Gasteiger partial charge in [0, 0.05) is 128 Å². The number of ketones is 6. The molecule has 1 aromatic carbocycles. The zero-order chi connectivity index (χ0) is 102. The van der Waals surface area contributed by atoms with Crippen molar-refractivity contribution < 1.29 is 183 Å². The summed E-state index contributed by atoms with van der Waals surface area (Å²) in [6.45, 7) is -8.24. The summed E-state index contributed by atoms with van der Waals surface area (Å²) in [6, 6.07) is -2.66. The number of aromatic amines is 7. The van der Waals surface area contributed by atoms with E-state index in [1.165, 1.54) is 87.1 Å². The van der Waals surface area contributed by atoms with Gasteiger partial charge in [-0.25, -0.2) is 34.9 Å². The van der Waals surface area contributed by atoms with Gasteiger partial charge in [0.1, 0.15) is 158 Å². The lowest BCUT2D eigenvalue weighted by Crippen LogP contribution is -2.68. The predicted molar refractivity (Wildman–Crippen MR) is 469 cm³/mol. The highest BCUT2D eigenvalue weighted by atomic mass is 16.8. The van der Waals surface area contributed by atoms with Crippen molar-refractivity contribution >= 4 is 51.6 Å². The van der Waals surface area contributed by atoms with Crippen LogP contribution in [0.4, 0.5) is 0 Å². The maximum atomic E-state index is 14.6. The average Bonchev–Trinajstić information content (AvgIpc) is 1.08. The van der Waals surface area contributed by atoms with Crippen molar-refractivity contribution in [3.05, 3.63) is 139 Å². The van der Waals surface area contributed by atoms with E-state index in [0.717, 1.165) is 0 Å². The molecule has 782 valence electrons. The van der Waals surface area contributed by atoms with E-state index in [9.17, 15) is 136 Å². The Labute approximate surface area is 804 Å². The van der Waals surface area contributed by atoms with Gasteiger partial charge >= 0.3 is 0 Å². The number of hydrogen-bond donors (Lipinski definition) is 33. The van der Waals surface area contributed by atoms with Crippen LogP contribution < -0.4 is 32.3 Å². The second kappa shape index (κ2) is 51.2. The molecule has 12 heterocycles. The second-order valence-corrected chi connectivity index (χ2v) is 34.9. The first-order chi connectivity index (χ1) is 68.2. The van der Waals surface area contributed by atoms with Crippen molar-refractivity contribution in [3.8, 4) is 0 Å². The van der Waals surface area contributed by atoms with Gasteiger partial charge in [0.2, 0.25) is 0 Å². The van der Waals surface area contributed by atoms with Gasteiger partial charge in [0.05, 0.1) is 151 Å². The van der Waals surface area contributed by atoms with Crippen molar-refractivity contribution in [1.29, 1.82) is 0 Å². The molecule has 7 aromatic heterocycles. The van der Waals surface area contributed by atoms with E-state index in [1.54, 1.807) is 6.20 Å². The largest absolute Gasteiger partial charge is 0.394 e. The Morgan fingerprint density at radius 3 is 1.05 bits per heavy atom. The molecule has 5 fully saturated rings. The van der Waals surface area contributed by atoms with Crippen LogP contribution in [-0.2, 0) is 115 Å². The first-order valence-electron chi connectivity index (χ1n) is 45.4. The van der Waals surface area contributed by atoms with E-state index in [2.05, 4.69) is 96.4 Å². The van der Waals surface area contributed by atoms with Gasteiger partial charge < -0.3 is 217 Å². The number of fused-ring (bicyclic) bond motifs is 1. The number of Topliss-reactive ketones (excluding diaryl/α,β-unsaturated/α-hetero) is 6. The molecule has 8 aromatic rings. The minimum Gasteiger partial charge on any atom is -0.394 e. The van der Waals surface area contributed by atoms with Crippen molar-refractivity contribution in [3.63, 3.8) is 0 Å². The van der Waals surface area contributed by atoms with Crippen molar-refractivity contribution in [2.24, 2.45) is 5.73 Å². The summed E-state index contributed by atoms with van der Waals surface area (Å²) < 4.78 is 56.7. The third kappa shape index (κ3) is 27.2. The van der Waals surface area contributed by atoms with Gasteiger partial charge in [-0.1, -0.05) is 0 Å². The molecule has 57 heteroatoms. The highest BCUT2D eigenvalue weighted by molar-refractivity contribution is 6.01. The van der Waals surface area contributed by atoms with Crippen molar-refractivity contribution in [1.82, 2.24) is 96.4 Å². The number of nitrogens with one attached hydrogen (secondary N) is 12. The molecule has 34 N–H and O–H groups in total. The fourth-order valence-electron chi connectivity index (χ4n) is 16.9. The number of H-pyrrole nitrogens is 7. The minimum atomic E-state index is -2.35. The van der Waals surface area contributed by atoms with E-state index in [-0.39, 0.29) is 86.1 Å². The summed E-state index contributed by atoms with van der Waals surface area (Å²) in [7, 11) is 0. The SMILES string of the molecule is N[C@@H](Cc1cnc[nH]1)C(=O)CCC(=O)[C@H](Cc1cnc[nH]1)NCC(=O)[C@H](Cc1cnc[nH]1)NCC(=O)[C@H](Cc1cnc[nH]1)NCC(=O)[C@H](Cc1cnc[nH]1)NCC(=O)[C@H](Cc1cnc[nH]1)NC(=O)c1ccc2nc(C(O)[C@@H](O)[C@H](O[C@H]3OC(CO)[C@@H](O[C@H]4OC(CO)[C@@H](O[C@H]5OC(CO)[C@@H](O[C@H]6OC(CO)[C@@H](O[C@H]7OC(CO)[C@@H](O)C(O)[C@@H]7O)C(O)[C@@H]6O)C(O)[C@@H]5O)C(O)[C@@H]4O)C(O)[C@@H]3O)C(O)CO)[nH]c2c1. The maximum absolute atomic E-state index is 14.6. The van der Waals surface area contributed by atoms with Crippen LogP contribution in [0.5, 0.6) is 0 Å². The minimum absolute atomic E-state index is 0.0185.